The first kappa shape index (κ1) is 22.3. The molecule has 152 valence electrons. The Morgan fingerprint density at radius 1 is 1.11 bits per heavy atom. The summed E-state index contributed by atoms with van der Waals surface area (Å²) in [4.78, 5) is 12.3. The van der Waals surface area contributed by atoms with E-state index in [-0.39, 0.29) is 19.7 Å². The van der Waals surface area contributed by atoms with Crippen molar-refractivity contribution >= 4 is 44.8 Å². The summed E-state index contributed by atoms with van der Waals surface area (Å²) in [6.07, 6.45) is 1.05. The summed E-state index contributed by atoms with van der Waals surface area (Å²) >= 11 is 12.0. The Bertz CT molecular complexity index is 964. The van der Waals surface area contributed by atoms with Gasteiger partial charge in [-0.2, -0.15) is 0 Å². The number of rotatable bonds is 8. The molecule has 0 heterocycles. The van der Waals surface area contributed by atoms with Crippen LogP contribution in [-0.2, 0) is 14.8 Å². The molecule has 0 spiro atoms. The van der Waals surface area contributed by atoms with E-state index in [4.69, 9.17) is 27.9 Å². The minimum absolute atomic E-state index is 0.219. The molecule has 1 N–H and O–H groups in total. The van der Waals surface area contributed by atoms with E-state index in [1.165, 1.54) is 6.07 Å². The molecule has 0 aromatic heterocycles. The van der Waals surface area contributed by atoms with Crippen LogP contribution in [0.4, 0.5) is 5.69 Å². The van der Waals surface area contributed by atoms with Gasteiger partial charge in [-0.25, -0.2) is 8.42 Å². The molecule has 6 nitrogen and oxygen atoms in total. The van der Waals surface area contributed by atoms with Crippen molar-refractivity contribution in [2.75, 3.05) is 30.3 Å². The lowest BCUT2D eigenvalue weighted by Gasteiger charge is -2.23. The van der Waals surface area contributed by atoms with Gasteiger partial charge in [-0.1, -0.05) is 35.3 Å². The minimum Gasteiger partial charge on any atom is -0.492 e. The predicted octanol–water partition coefficient (Wildman–Crippen LogP) is 3.57. The second kappa shape index (κ2) is 9.49. The van der Waals surface area contributed by atoms with Gasteiger partial charge < -0.3 is 10.1 Å². The van der Waals surface area contributed by atoms with Crippen molar-refractivity contribution in [3.63, 3.8) is 0 Å². The van der Waals surface area contributed by atoms with Crippen molar-refractivity contribution in [3.8, 4) is 5.75 Å². The highest BCUT2D eigenvalue weighted by atomic mass is 35.5. The third-order valence-electron chi connectivity index (χ3n) is 3.96. The van der Waals surface area contributed by atoms with Gasteiger partial charge in [0.05, 0.1) is 18.5 Å². The van der Waals surface area contributed by atoms with E-state index in [0.717, 1.165) is 16.1 Å². The summed E-state index contributed by atoms with van der Waals surface area (Å²) in [5.41, 5.74) is 2.01. The van der Waals surface area contributed by atoms with Crippen LogP contribution in [0.5, 0.6) is 5.75 Å². The number of hydrogen-bond donors (Lipinski definition) is 1. The van der Waals surface area contributed by atoms with Crippen molar-refractivity contribution in [2.24, 2.45) is 0 Å². The number of carbonyl (C=O) groups excluding carboxylic acids is 1. The largest absolute Gasteiger partial charge is 0.492 e. The number of halogens is 2. The van der Waals surface area contributed by atoms with Gasteiger partial charge in [0, 0.05) is 10.0 Å². The molecule has 0 saturated heterocycles. The molecule has 0 radical (unpaired) electrons. The molecule has 0 saturated carbocycles. The molecule has 0 aliphatic rings. The second-order valence-electron chi connectivity index (χ2n) is 6.31. The zero-order chi connectivity index (χ0) is 20.9. The monoisotopic (exact) mass is 444 g/mol. The first-order valence-electron chi connectivity index (χ1n) is 8.47. The van der Waals surface area contributed by atoms with Crippen LogP contribution in [0.25, 0.3) is 0 Å². The summed E-state index contributed by atoms with van der Waals surface area (Å²) < 4.78 is 30.9. The van der Waals surface area contributed by atoms with Gasteiger partial charge in [-0.15, -0.1) is 0 Å². The lowest BCUT2D eigenvalue weighted by atomic mass is 10.2. The quantitative estimate of drug-likeness (QED) is 0.631. The number of sulfonamides is 1. The van der Waals surface area contributed by atoms with E-state index < -0.39 is 15.9 Å². The Balaban J connectivity index is 1.95. The Morgan fingerprint density at radius 3 is 2.43 bits per heavy atom. The van der Waals surface area contributed by atoms with Crippen molar-refractivity contribution in [1.82, 2.24) is 5.32 Å². The summed E-state index contributed by atoms with van der Waals surface area (Å²) in [7, 11) is -3.67. The highest BCUT2D eigenvalue weighted by molar-refractivity contribution is 7.92. The topological polar surface area (TPSA) is 75.7 Å². The summed E-state index contributed by atoms with van der Waals surface area (Å²) in [6.45, 7) is 3.73. The first-order valence-corrected chi connectivity index (χ1v) is 11.1. The maximum Gasteiger partial charge on any atom is 0.240 e. The molecule has 0 aliphatic heterocycles. The van der Waals surface area contributed by atoms with Crippen molar-refractivity contribution < 1.29 is 17.9 Å². The normalized spacial score (nSPS) is 11.2. The molecule has 9 heteroatoms. The standard InChI is InChI=1S/C19H22Cl2N2O4S/c1-13-5-7-16(11-17(13)21)27-9-8-22-19(24)12-23(28(3,25)26)18-10-15(20)6-4-14(18)2/h4-7,10-11H,8-9,12H2,1-3H3,(H,22,24). The number of nitrogens with one attached hydrogen (secondary N) is 1. The van der Waals surface area contributed by atoms with Gasteiger partial charge >= 0.3 is 0 Å². The number of anilines is 1. The first-order chi connectivity index (χ1) is 13.1. The van der Waals surface area contributed by atoms with Crippen LogP contribution in [0.2, 0.25) is 10.0 Å². The minimum atomic E-state index is -3.67. The Morgan fingerprint density at radius 2 is 1.79 bits per heavy atom. The van der Waals surface area contributed by atoms with Crippen LogP contribution in [0.3, 0.4) is 0 Å². The number of aryl methyl sites for hydroxylation is 2. The molecule has 0 fully saturated rings. The van der Waals surface area contributed by atoms with E-state index in [9.17, 15) is 13.2 Å². The number of nitrogens with zero attached hydrogens (tertiary/aromatic N) is 1. The fourth-order valence-corrected chi connectivity index (χ4v) is 3.68. The van der Waals surface area contributed by atoms with Gasteiger partial charge in [0.15, 0.2) is 0 Å². The lowest BCUT2D eigenvalue weighted by Crippen LogP contribution is -2.41. The third-order valence-corrected chi connectivity index (χ3v) is 5.73. The van der Waals surface area contributed by atoms with E-state index in [1.807, 2.05) is 13.0 Å². The number of hydrogen-bond acceptors (Lipinski definition) is 4. The molecule has 0 aliphatic carbocycles. The fourth-order valence-electron chi connectivity index (χ4n) is 2.44. The SMILES string of the molecule is Cc1ccc(OCCNC(=O)CN(c2cc(Cl)ccc2C)S(C)(=O)=O)cc1Cl. The molecule has 0 unspecified atom stereocenters. The Kier molecular flexibility index (Phi) is 7.57. The number of carbonyl (C=O) groups is 1. The van der Waals surface area contributed by atoms with E-state index >= 15 is 0 Å². The summed E-state index contributed by atoms with van der Waals surface area (Å²) in [5, 5.41) is 3.64. The van der Waals surface area contributed by atoms with Crippen LogP contribution in [-0.4, -0.2) is 40.3 Å². The lowest BCUT2D eigenvalue weighted by molar-refractivity contribution is -0.119. The Hall–Kier alpha value is -1.96. The molecule has 2 rings (SSSR count). The van der Waals surface area contributed by atoms with Crippen molar-refractivity contribution in [1.29, 1.82) is 0 Å². The van der Waals surface area contributed by atoms with Gasteiger partial charge in [-0.05, 0) is 49.2 Å². The number of ether oxygens (including phenoxy) is 1. The van der Waals surface area contributed by atoms with Gasteiger partial charge in [0.1, 0.15) is 18.9 Å². The van der Waals surface area contributed by atoms with Gasteiger partial charge in [0.2, 0.25) is 15.9 Å². The van der Waals surface area contributed by atoms with Crippen LogP contribution in [0.1, 0.15) is 11.1 Å². The fraction of sp³-hybridized carbons (Fsp3) is 0.316. The van der Waals surface area contributed by atoms with E-state index in [0.29, 0.717) is 27.0 Å². The van der Waals surface area contributed by atoms with Gasteiger partial charge in [0.25, 0.3) is 0 Å². The summed E-state index contributed by atoms with van der Waals surface area (Å²) in [5.74, 6) is 0.146. The van der Waals surface area contributed by atoms with Crippen LogP contribution >= 0.6 is 23.2 Å². The molecule has 2 aromatic rings. The average molecular weight is 445 g/mol. The molecular formula is C19H22Cl2N2O4S. The summed E-state index contributed by atoms with van der Waals surface area (Å²) in [6, 6.07) is 10.2. The van der Waals surface area contributed by atoms with E-state index in [2.05, 4.69) is 5.32 Å². The van der Waals surface area contributed by atoms with Crippen molar-refractivity contribution in [2.45, 2.75) is 13.8 Å². The number of benzene rings is 2. The molecule has 1 amide bonds. The average Bonchev–Trinajstić information content (AvgIpc) is 2.61. The maximum atomic E-state index is 12.3. The molecule has 2 aromatic carbocycles. The smallest absolute Gasteiger partial charge is 0.240 e. The van der Waals surface area contributed by atoms with Crippen LogP contribution < -0.4 is 14.4 Å². The molecular weight excluding hydrogens is 423 g/mol. The zero-order valence-electron chi connectivity index (χ0n) is 15.8. The highest BCUT2D eigenvalue weighted by Crippen LogP contribution is 2.26. The second-order valence-corrected chi connectivity index (χ2v) is 9.06. The van der Waals surface area contributed by atoms with Crippen LogP contribution in [0.15, 0.2) is 36.4 Å². The molecule has 0 bridgehead atoms. The third kappa shape index (κ3) is 6.29. The predicted molar refractivity (Wildman–Crippen MR) is 113 cm³/mol. The Labute approximate surface area is 175 Å². The van der Waals surface area contributed by atoms with Crippen LogP contribution in [0, 0.1) is 13.8 Å². The molecule has 0 atom stereocenters. The zero-order valence-corrected chi connectivity index (χ0v) is 18.2. The van der Waals surface area contributed by atoms with E-state index in [1.54, 1.807) is 31.2 Å². The van der Waals surface area contributed by atoms with Crippen molar-refractivity contribution in [3.05, 3.63) is 57.6 Å². The molecule has 28 heavy (non-hydrogen) atoms. The highest BCUT2D eigenvalue weighted by Gasteiger charge is 2.22. The van der Waals surface area contributed by atoms with Gasteiger partial charge in [-0.3, -0.25) is 9.10 Å². The number of amides is 1. The maximum absolute atomic E-state index is 12.3.